The summed E-state index contributed by atoms with van der Waals surface area (Å²) in [6, 6.07) is 4.01. The molecule has 1 aromatic carbocycles. The smallest absolute Gasteiger partial charge is 0.344 e. The number of rotatable bonds is 8. The third-order valence-corrected chi connectivity index (χ3v) is 3.63. The van der Waals surface area contributed by atoms with Gasteiger partial charge in [0.05, 0.1) is 20.8 Å². The highest BCUT2D eigenvalue weighted by molar-refractivity contribution is 6.15. The molecule has 1 aliphatic rings. The summed E-state index contributed by atoms with van der Waals surface area (Å²) in [6.07, 6.45) is 1.43. The molecule has 10 nitrogen and oxygen atoms in total. The van der Waals surface area contributed by atoms with Crippen molar-refractivity contribution >= 4 is 30.0 Å². The van der Waals surface area contributed by atoms with Crippen LogP contribution >= 0.6 is 0 Å². The summed E-state index contributed by atoms with van der Waals surface area (Å²) in [5.41, 5.74) is 0.528. The number of carbonyl (C=O) groups is 4. The Kier molecular flexibility index (Phi) is 6.96. The van der Waals surface area contributed by atoms with E-state index in [1.54, 1.807) is 25.1 Å². The number of urea groups is 1. The molecule has 0 atom stereocenters. The van der Waals surface area contributed by atoms with Gasteiger partial charge in [0.15, 0.2) is 18.1 Å². The Morgan fingerprint density at radius 3 is 2.54 bits per heavy atom. The van der Waals surface area contributed by atoms with Crippen LogP contribution in [0.5, 0.6) is 11.5 Å². The molecule has 1 aliphatic heterocycles. The van der Waals surface area contributed by atoms with Crippen LogP contribution in [0.1, 0.15) is 12.5 Å². The largest absolute Gasteiger partial charge is 0.493 e. The summed E-state index contributed by atoms with van der Waals surface area (Å²) in [4.78, 5) is 47.6. The van der Waals surface area contributed by atoms with Crippen LogP contribution < -0.4 is 14.8 Å². The van der Waals surface area contributed by atoms with Crippen molar-refractivity contribution in [2.45, 2.75) is 6.92 Å². The molecule has 1 fully saturated rings. The second-order valence-electron chi connectivity index (χ2n) is 5.46. The average molecular weight is 392 g/mol. The lowest BCUT2D eigenvalue weighted by Crippen LogP contribution is -2.36. The van der Waals surface area contributed by atoms with Gasteiger partial charge in [-0.1, -0.05) is 6.07 Å². The highest BCUT2D eigenvalue weighted by Crippen LogP contribution is 2.29. The molecule has 1 N–H and O–H groups in total. The maximum Gasteiger partial charge on any atom is 0.344 e. The van der Waals surface area contributed by atoms with E-state index in [9.17, 15) is 19.2 Å². The predicted octanol–water partition coefficient (Wildman–Crippen LogP) is 0.703. The average Bonchev–Trinajstić information content (AvgIpc) is 2.94. The highest BCUT2D eigenvalue weighted by atomic mass is 16.6. The zero-order chi connectivity index (χ0) is 20.7. The SMILES string of the molecule is CCOC(=O)COc1ccc(/C=C2/NC(=O)N(CC(=O)OC)C2=O)cc1OC. The Morgan fingerprint density at radius 1 is 1.14 bits per heavy atom. The maximum atomic E-state index is 12.3. The van der Waals surface area contributed by atoms with E-state index in [2.05, 4.69) is 10.1 Å². The highest BCUT2D eigenvalue weighted by Gasteiger charge is 2.35. The number of ether oxygens (including phenoxy) is 4. The molecule has 28 heavy (non-hydrogen) atoms. The summed E-state index contributed by atoms with van der Waals surface area (Å²) >= 11 is 0. The molecule has 150 valence electrons. The number of nitrogens with zero attached hydrogens (tertiary/aromatic N) is 1. The third-order valence-electron chi connectivity index (χ3n) is 3.63. The molecule has 0 saturated carbocycles. The number of hydrogen-bond donors (Lipinski definition) is 1. The molecule has 1 aromatic rings. The van der Waals surface area contributed by atoms with Crippen LogP contribution in [0.25, 0.3) is 6.08 Å². The van der Waals surface area contributed by atoms with Gasteiger partial charge in [0.25, 0.3) is 5.91 Å². The summed E-state index contributed by atoms with van der Waals surface area (Å²) in [7, 11) is 2.58. The second kappa shape index (κ2) is 9.40. The van der Waals surface area contributed by atoms with Crippen molar-refractivity contribution in [2.24, 2.45) is 0 Å². The van der Waals surface area contributed by atoms with Gasteiger partial charge in [0, 0.05) is 0 Å². The van der Waals surface area contributed by atoms with Crippen molar-refractivity contribution in [3.05, 3.63) is 29.5 Å². The van der Waals surface area contributed by atoms with Gasteiger partial charge in [-0.15, -0.1) is 0 Å². The predicted molar refractivity (Wildman–Crippen MR) is 95.4 cm³/mol. The molecule has 3 amide bonds. The van der Waals surface area contributed by atoms with E-state index in [1.807, 2.05) is 0 Å². The molecular formula is C18H20N2O8. The first-order chi connectivity index (χ1) is 13.4. The second-order valence-corrected chi connectivity index (χ2v) is 5.46. The van der Waals surface area contributed by atoms with Gasteiger partial charge in [-0.05, 0) is 30.7 Å². The Labute approximate surface area is 161 Å². The van der Waals surface area contributed by atoms with E-state index in [4.69, 9.17) is 14.2 Å². The fourth-order valence-corrected chi connectivity index (χ4v) is 2.31. The van der Waals surface area contributed by atoms with Gasteiger partial charge in [0.2, 0.25) is 0 Å². The number of hydrogen-bond acceptors (Lipinski definition) is 8. The first kappa shape index (κ1) is 20.7. The van der Waals surface area contributed by atoms with Gasteiger partial charge >= 0.3 is 18.0 Å². The summed E-state index contributed by atoms with van der Waals surface area (Å²) < 4.78 is 19.8. The number of nitrogens with one attached hydrogen (secondary N) is 1. The molecule has 10 heteroatoms. The third kappa shape index (κ3) is 5.00. The maximum absolute atomic E-state index is 12.3. The number of carbonyl (C=O) groups excluding carboxylic acids is 4. The Morgan fingerprint density at radius 2 is 1.89 bits per heavy atom. The molecule has 0 unspecified atom stereocenters. The van der Waals surface area contributed by atoms with Crippen LogP contribution in [0.2, 0.25) is 0 Å². The van der Waals surface area contributed by atoms with Crippen LogP contribution in [-0.2, 0) is 23.9 Å². The Balaban J connectivity index is 2.15. The van der Waals surface area contributed by atoms with Crippen LogP contribution in [0.15, 0.2) is 23.9 Å². The van der Waals surface area contributed by atoms with Crippen molar-refractivity contribution < 1.29 is 38.1 Å². The molecule has 2 rings (SSSR count). The molecule has 0 radical (unpaired) electrons. The normalized spacial score (nSPS) is 14.7. The van der Waals surface area contributed by atoms with Gasteiger partial charge in [0.1, 0.15) is 12.2 Å². The van der Waals surface area contributed by atoms with Gasteiger partial charge < -0.3 is 24.3 Å². The zero-order valence-corrected chi connectivity index (χ0v) is 15.6. The topological polar surface area (TPSA) is 120 Å². The standard InChI is InChI=1S/C18H20N2O8/c1-4-27-16(22)10-28-13-6-5-11(8-14(13)25-2)7-12-17(23)20(18(24)19-12)9-15(21)26-3/h5-8H,4,9-10H2,1-3H3,(H,19,24)/b12-7+. The first-order valence-corrected chi connectivity index (χ1v) is 8.27. The lowest BCUT2D eigenvalue weighted by molar-refractivity contribution is -0.145. The lowest BCUT2D eigenvalue weighted by atomic mass is 10.1. The van der Waals surface area contributed by atoms with Gasteiger partial charge in [-0.3, -0.25) is 9.59 Å². The van der Waals surface area contributed by atoms with Crippen LogP contribution in [0, 0.1) is 0 Å². The fraction of sp³-hybridized carbons (Fsp3) is 0.333. The summed E-state index contributed by atoms with van der Waals surface area (Å²) in [6.45, 7) is 1.18. The van der Waals surface area contributed by atoms with E-state index in [1.165, 1.54) is 13.2 Å². The number of esters is 2. The van der Waals surface area contributed by atoms with Crippen LogP contribution in [0.4, 0.5) is 4.79 Å². The molecular weight excluding hydrogens is 372 g/mol. The summed E-state index contributed by atoms with van der Waals surface area (Å²) in [5.74, 6) is -1.25. The summed E-state index contributed by atoms with van der Waals surface area (Å²) in [5, 5.41) is 2.40. The quantitative estimate of drug-likeness (QED) is 0.390. The fourth-order valence-electron chi connectivity index (χ4n) is 2.31. The van der Waals surface area contributed by atoms with Crippen molar-refractivity contribution in [3.8, 4) is 11.5 Å². The monoisotopic (exact) mass is 392 g/mol. The Bertz CT molecular complexity index is 818. The molecule has 0 aliphatic carbocycles. The van der Waals surface area contributed by atoms with Crippen molar-refractivity contribution in [1.29, 1.82) is 0 Å². The number of imide groups is 1. The molecule has 0 bridgehead atoms. The van der Waals surface area contributed by atoms with Crippen molar-refractivity contribution in [1.82, 2.24) is 10.2 Å². The van der Waals surface area contributed by atoms with Crippen LogP contribution in [-0.4, -0.2) is 62.8 Å². The van der Waals surface area contributed by atoms with E-state index >= 15 is 0 Å². The minimum absolute atomic E-state index is 0.00357. The minimum Gasteiger partial charge on any atom is -0.493 e. The Hall–Kier alpha value is -3.56. The van der Waals surface area contributed by atoms with E-state index in [0.29, 0.717) is 17.1 Å². The number of benzene rings is 1. The molecule has 1 saturated heterocycles. The van der Waals surface area contributed by atoms with Crippen molar-refractivity contribution in [3.63, 3.8) is 0 Å². The minimum atomic E-state index is -0.719. The van der Waals surface area contributed by atoms with E-state index in [0.717, 1.165) is 12.0 Å². The zero-order valence-electron chi connectivity index (χ0n) is 15.6. The first-order valence-electron chi connectivity index (χ1n) is 8.27. The van der Waals surface area contributed by atoms with E-state index < -0.39 is 30.4 Å². The number of amides is 3. The molecule has 0 aromatic heterocycles. The van der Waals surface area contributed by atoms with Gasteiger partial charge in [-0.2, -0.15) is 0 Å². The van der Waals surface area contributed by atoms with Crippen molar-refractivity contribution in [2.75, 3.05) is 34.0 Å². The van der Waals surface area contributed by atoms with Gasteiger partial charge in [-0.25, -0.2) is 14.5 Å². The molecule has 0 spiro atoms. The number of methoxy groups -OCH3 is 2. The lowest BCUT2D eigenvalue weighted by Gasteiger charge is -2.11. The van der Waals surface area contributed by atoms with Crippen LogP contribution in [0.3, 0.4) is 0 Å². The molecule has 1 heterocycles. The van der Waals surface area contributed by atoms with E-state index in [-0.39, 0.29) is 18.9 Å².